The second-order valence-electron chi connectivity index (χ2n) is 3.25. The molecule has 1 aromatic heterocycles. The molecule has 0 bridgehead atoms. The van der Waals surface area contributed by atoms with Gasteiger partial charge in [0.05, 0.1) is 0 Å². The minimum atomic E-state index is 0.00444. The summed E-state index contributed by atoms with van der Waals surface area (Å²) in [7, 11) is 1.74. The highest BCUT2D eigenvalue weighted by Gasteiger charge is 2.05. The molecule has 1 unspecified atom stereocenters. The van der Waals surface area contributed by atoms with Crippen LogP contribution in [0, 0.1) is 6.92 Å². The van der Waals surface area contributed by atoms with Gasteiger partial charge in [0.25, 0.3) is 0 Å². The molecule has 0 aliphatic rings. The van der Waals surface area contributed by atoms with E-state index in [9.17, 15) is 4.79 Å². The summed E-state index contributed by atoms with van der Waals surface area (Å²) in [5, 5.41) is 0. The molecular weight excluding hydrogens is 154 g/mol. The summed E-state index contributed by atoms with van der Waals surface area (Å²) in [6.07, 6.45) is 1.81. The minimum Gasteiger partial charge on any atom is -0.326 e. The molecule has 0 radical (unpaired) electrons. The molecule has 0 saturated carbocycles. The second kappa shape index (κ2) is 3.15. The maximum absolute atomic E-state index is 11.4. The number of nitrogens with two attached hydrogens (primary N) is 1. The van der Waals surface area contributed by atoms with Crippen LogP contribution in [0.3, 0.4) is 0 Å². The van der Waals surface area contributed by atoms with Crippen molar-refractivity contribution in [1.29, 1.82) is 0 Å². The van der Waals surface area contributed by atoms with E-state index in [1.165, 1.54) is 0 Å². The van der Waals surface area contributed by atoms with Crippen LogP contribution in [0.5, 0.6) is 0 Å². The fraction of sp³-hybridized carbons (Fsp3) is 0.625. The maximum Gasteiger partial charge on any atom is 0.328 e. The van der Waals surface area contributed by atoms with Gasteiger partial charge in [-0.15, -0.1) is 0 Å². The zero-order chi connectivity index (χ0) is 9.30. The normalized spacial score (nSPS) is 13.3. The smallest absolute Gasteiger partial charge is 0.326 e. The summed E-state index contributed by atoms with van der Waals surface area (Å²) >= 11 is 0. The van der Waals surface area contributed by atoms with Crippen LogP contribution in [0.15, 0.2) is 11.0 Å². The van der Waals surface area contributed by atoms with Crippen molar-refractivity contribution < 1.29 is 0 Å². The fourth-order valence-electron chi connectivity index (χ4n) is 1.26. The van der Waals surface area contributed by atoms with Crippen molar-refractivity contribution in [3.8, 4) is 0 Å². The van der Waals surface area contributed by atoms with E-state index in [1.807, 2.05) is 20.0 Å². The zero-order valence-electron chi connectivity index (χ0n) is 7.74. The lowest BCUT2D eigenvalue weighted by Crippen LogP contribution is -2.30. The summed E-state index contributed by atoms with van der Waals surface area (Å²) in [6, 6.07) is 0.0174. The number of imidazole rings is 1. The highest BCUT2D eigenvalue weighted by Crippen LogP contribution is 1.94. The van der Waals surface area contributed by atoms with Gasteiger partial charge in [-0.3, -0.25) is 4.57 Å². The van der Waals surface area contributed by atoms with Crippen molar-refractivity contribution in [2.75, 3.05) is 0 Å². The fourth-order valence-corrected chi connectivity index (χ4v) is 1.26. The van der Waals surface area contributed by atoms with E-state index in [2.05, 4.69) is 0 Å². The lowest BCUT2D eigenvalue weighted by molar-refractivity contribution is 0.557. The van der Waals surface area contributed by atoms with Crippen molar-refractivity contribution in [3.63, 3.8) is 0 Å². The largest absolute Gasteiger partial charge is 0.328 e. The number of aryl methyl sites for hydroxylation is 2. The lowest BCUT2D eigenvalue weighted by Gasteiger charge is -2.06. The third kappa shape index (κ3) is 1.58. The Kier molecular flexibility index (Phi) is 2.38. The van der Waals surface area contributed by atoms with Gasteiger partial charge in [0.15, 0.2) is 0 Å². The minimum absolute atomic E-state index is 0.00444. The Morgan fingerprint density at radius 1 is 1.67 bits per heavy atom. The van der Waals surface area contributed by atoms with Crippen LogP contribution in [0.25, 0.3) is 0 Å². The van der Waals surface area contributed by atoms with Gasteiger partial charge in [-0.2, -0.15) is 0 Å². The molecule has 0 saturated heterocycles. The van der Waals surface area contributed by atoms with Crippen LogP contribution in [0.2, 0.25) is 0 Å². The molecule has 0 fully saturated rings. The van der Waals surface area contributed by atoms with E-state index in [4.69, 9.17) is 5.73 Å². The molecule has 12 heavy (non-hydrogen) atoms. The molecule has 1 aromatic rings. The topological polar surface area (TPSA) is 53.0 Å². The highest BCUT2D eigenvalue weighted by atomic mass is 16.1. The Hall–Kier alpha value is -1.03. The van der Waals surface area contributed by atoms with E-state index >= 15 is 0 Å². The Labute approximate surface area is 71.6 Å². The van der Waals surface area contributed by atoms with Crippen molar-refractivity contribution in [2.45, 2.75) is 26.4 Å². The monoisotopic (exact) mass is 169 g/mol. The number of aromatic nitrogens is 2. The standard InChI is InChI=1S/C8H15N3O/c1-6(9)4-11-7(2)5-10(3)8(11)12/h5-6H,4,9H2,1-3H3. The SMILES string of the molecule is Cc1cn(C)c(=O)n1CC(C)N. The summed E-state index contributed by atoms with van der Waals surface area (Å²) in [5.41, 5.74) is 6.57. The molecule has 0 aliphatic heterocycles. The molecule has 0 aliphatic carbocycles. The summed E-state index contributed by atoms with van der Waals surface area (Å²) in [5.74, 6) is 0. The quantitative estimate of drug-likeness (QED) is 0.669. The Morgan fingerprint density at radius 2 is 2.25 bits per heavy atom. The number of hydrogen-bond acceptors (Lipinski definition) is 2. The molecule has 1 atom stereocenters. The predicted octanol–water partition coefficient (Wildman–Crippen LogP) is -0.158. The Morgan fingerprint density at radius 3 is 2.58 bits per heavy atom. The summed E-state index contributed by atoms with van der Waals surface area (Å²) in [4.78, 5) is 11.4. The molecule has 4 nitrogen and oxygen atoms in total. The van der Waals surface area contributed by atoms with E-state index in [1.54, 1.807) is 16.2 Å². The van der Waals surface area contributed by atoms with Crippen LogP contribution in [0.4, 0.5) is 0 Å². The van der Waals surface area contributed by atoms with Crippen LogP contribution < -0.4 is 11.4 Å². The average Bonchev–Trinajstić information content (AvgIpc) is 2.16. The molecule has 2 N–H and O–H groups in total. The van der Waals surface area contributed by atoms with Crippen LogP contribution >= 0.6 is 0 Å². The lowest BCUT2D eigenvalue weighted by atomic mass is 10.3. The molecule has 0 aromatic carbocycles. The van der Waals surface area contributed by atoms with E-state index in [0.29, 0.717) is 6.54 Å². The third-order valence-corrected chi connectivity index (χ3v) is 1.81. The molecule has 0 spiro atoms. The number of hydrogen-bond donors (Lipinski definition) is 1. The molecule has 0 amide bonds. The van der Waals surface area contributed by atoms with Crippen LogP contribution in [0.1, 0.15) is 12.6 Å². The molecule has 1 rings (SSSR count). The number of nitrogens with zero attached hydrogens (tertiary/aromatic N) is 2. The van der Waals surface area contributed by atoms with Crippen molar-refractivity contribution in [2.24, 2.45) is 12.8 Å². The molecule has 68 valence electrons. The first-order valence-electron chi connectivity index (χ1n) is 4.00. The molecular formula is C8H15N3O. The first-order chi connectivity index (χ1) is 5.52. The van der Waals surface area contributed by atoms with Crippen molar-refractivity contribution >= 4 is 0 Å². The van der Waals surface area contributed by atoms with E-state index < -0.39 is 0 Å². The highest BCUT2D eigenvalue weighted by molar-refractivity contribution is 4.97. The van der Waals surface area contributed by atoms with E-state index in [0.717, 1.165) is 5.69 Å². The van der Waals surface area contributed by atoms with Gasteiger partial charge in [0, 0.05) is 31.5 Å². The van der Waals surface area contributed by atoms with Crippen LogP contribution in [-0.2, 0) is 13.6 Å². The maximum atomic E-state index is 11.4. The number of rotatable bonds is 2. The van der Waals surface area contributed by atoms with Gasteiger partial charge in [-0.25, -0.2) is 4.79 Å². The van der Waals surface area contributed by atoms with E-state index in [-0.39, 0.29) is 11.7 Å². The summed E-state index contributed by atoms with van der Waals surface area (Å²) in [6.45, 7) is 4.38. The predicted molar refractivity (Wildman–Crippen MR) is 48.1 cm³/mol. The first kappa shape index (κ1) is 9.06. The van der Waals surface area contributed by atoms with Gasteiger partial charge < -0.3 is 10.3 Å². The van der Waals surface area contributed by atoms with Crippen molar-refractivity contribution in [3.05, 3.63) is 22.4 Å². The van der Waals surface area contributed by atoms with Gasteiger partial charge in [-0.05, 0) is 13.8 Å². The molecule has 1 heterocycles. The molecule has 4 heteroatoms. The summed E-state index contributed by atoms with van der Waals surface area (Å²) < 4.78 is 3.25. The second-order valence-corrected chi connectivity index (χ2v) is 3.25. The van der Waals surface area contributed by atoms with Gasteiger partial charge in [0.1, 0.15) is 0 Å². The first-order valence-corrected chi connectivity index (χ1v) is 4.00. The third-order valence-electron chi connectivity index (χ3n) is 1.81. The van der Waals surface area contributed by atoms with Gasteiger partial charge in [-0.1, -0.05) is 0 Å². The average molecular weight is 169 g/mol. The van der Waals surface area contributed by atoms with Crippen LogP contribution in [-0.4, -0.2) is 15.2 Å². The van der Waals surface area contributed by atoms with Crippen molar-refractivity contribution in [1.82, 2.24) is 9.13 Å². The van der Waals surface area contributed by atoms with Gasteiger partial charge in [0.2, 0.25) is 0 Å². The zero-order valence-corrected chi connectivity index (χ0v) is 7.74. The van der Waals surface area contributed by atoms with Gasteiger partial charge >= 0.3 is 5.69 Å². The Bertz CT molecular complexity index is 322. The Balaban J connectivity index is 3.06.